The summed E-state index contributed by atoms with van der Waals surface area (Å²) in [5.74, 6) is 3.55. The van der Waals surface area contributed by atoms with Gasteiger partial charge in [0.2, 0.25) is 0 Å². The summed E-state index contributed by atoms with van der Waals surface area (Å²) in [6, 6.07) is 1.88. The molecule has 0 aliphatic rings. The third kappa shape index (κ3) is 2.74. The summed E-state index contributed by atoms with van der Waals surface area (Å²) in [5, 5.41) is 7.10. The van der Waals surface area contributed by atoms with Crippen LogP contribution in [-0.2, 0) is 7.05 Å². The SMILES string of the molecule is Cn1ccc(-c2ncc(C#CSI)cn2)n1. The maximum Gasteiger partial charge on any atom is 0.180 e. The van der Waals surface area contributed by atoms with Gasteiger partial charge in [0.1, 0.15) is 5.69 Å². The number of hydrogen-bond acceptors (Lipinski definition) is 4. The van der Waals surface area contributed by atoms with Crippen LogP contribution in [-0.4, -0.2) is 19.7 Å². The molecule has 0 atom stereocenters. The summed E-state index contributed by atoms with van der Waals surface area (Å²) in [6.45, 7) is 0. The van der Waals surface area contributed by atoms with Crippen molar-refractivity contribution in [2.75, 3.05) is 0 Å². The third-order valence-electron chi connectivity index (χ3n) is 1.83. The van der Waals surface area contributed by atoms with E-state index in [1.54, 1.807) is 17.1 Å². The molecular formula is C10H7IN4S. The Morgan fingerprint density at radius 2 is 2.12 bits per heavy atom. The maximum absolute atomic E-state index is 4.22. The minimum absolute atomic E-state index is 0.619. The third-order valence-corrected chi connectivity index (χ3v) is 2.67. The molecule has 0 aliphatic heterocycles. The van der Waals surface area contributed by atoms with Crippen LogP contribution in [0.4, 0.5) is 0 Å². The van der Waals surface area contributed by atoms with E-state index in [9.17, 15) is 0 Å². The normalized spacial score (nSPS) is 9.62. The van der Waals surface area contributed by atoms with Gasteiger partial charge in [-0.05, 0) is 20.3 Å². The van der Waals surface area contributed by atoms with Crippen molar-refractivity contribution in [2.24, 2.45) is 7.05 Å². The van der Waals surface area contributed by atoms with Gasteiger partial charge < -0.3 is 0 Å². The molecule has 80 valence electrons. The molecule has 2 aromatic heterocycles. The number of aryl methyl sites for hydroxylation is 1. The van der Waals surface area contributed by atoms with Gasteiger partial charge in [-0.1, -0.05) is 5.92 Å². The number of halogens is 1. The Bertz CT molecular complexity index is 538. The van der Waals surface area contributed by atoms with Gasteiger partial charge in [-0.15, -0.1) is 0 Å². The van der Waals surface area contributed by atoms with Crippen LogP contribution in [0.2, 0.25) is 0 Å². The molecule has 0 unspecified atom stereocenters. The second-order valence-electron chi connectivity index (χ2n) is 2.97. The van der Waals surface area contributed by atoms with Crippen LogP contribution in [0.25, 0.3) is 11.5 Å². The van der Waals surface area contributed by atoms with Gasteiger partial charge >= 0.3 is 0 Å². The Hall–Kier alpha value is -1.07. The highest BCUT2D eigenvalue weighted by atomic mass is 127. The van der Waals surface area contributed by atoms with Gasteiger partial charge in [-0.3, -0.25) is 4.68 Å². The van der Waals surface area contributed by atoms with E-state index in [0.717, 1.165) is 11.3 Å². The average Bonchev–Trinajstić information content (AvgIpc) is 2.74. The van der Waals surface area contributed by atoms with Crippen molar-refractivity contribution in [2.45, 2.75) is 0 Å². The molecule has 0 bridgehead atoms. The molecule has 0 amide bonds. The van der Waals surface area contributed by atoms with Crippen LogP contribution < -0.4 is 0 Å². The Kier molecular flexibility index (Phi) is 3.79. The van der Waals surface area contributed by atoms with Gasteiger partial charge in [0.05, 0.1) is 5.56 Å². The van der Waals surface area contributed by atoms with Crippen molar-refractivity contribution in [1.29, 1.82) is 0 Å². The molecule has 0 N–H and O–H groups in total. The van der Waals surface area contributed by atoms with E-state index in [0.29, 0.717) is 5.82 Å². The second-order valence-corrected chi connectivity index (χ2v) is 4.65. The van der Waals surface area contributed by atoms with Crippen LogP contribution >= 0.6 is 30.1 Å². The van der Waals surface area contributed by atoms with Crippen LogP contribution in [0.5, 0.6) is 0 Å². The summed E-state index contributed by atoms with van der Waals surface area (Å²) in [6.07, 6.45) is 5.27. The quantitative estimate of drug-likeness (QED) is 0.589. The minimum Gasteiger partial charge on any atom is -0.275 e. The van der Waals surface area contributed by atoms with Crippen LogP contribution in [0, 0.1) is 11.2 Å². The summed E-state index contributed by atoms with van der Waals surface area (Å²) < 4.78 is 1.72. The van der Waals surface area contributed by atoms with Gasteiger partial charge in [0, 0.05) is 46.8 Å². The molecule has 0 saturated carbocycles. The number of rotatable bonds is 1. The average molecular weight is 342 g/mol. The van der Waals surface area contributed by atoms with Crippen LogP contribution in [0.1, 0.15) is 5.56 Å². The molecule has 6 heteroatoms. The fourth-order valence-corrected chi connectivity index (χ4v) is 1.62. The van der Waals surface area contributed by atoms with Crippen molar-refractivity contribution in [3.8, 4) is 22.7 Å². The fourth-order valence-electron chi connectivity index (χ4n) is 1.14. The highest BCUT2D eigenvalue weighted by Crippen LogP contribution is 2.11. The van der Waals surface area contributed by atoms with Crippen molar-refractivity contribution in [3.05, 3.63) is 30.2 Å². The molecule has 0 saturated heterocycles. The zero-order chi connectivity index (χ0) is 11.4. The van der Waals surface area contributed by atoms with Crippen molar-refractivity contribution >= 4 is 30.1 Å². The Morgan fingerprint density at radius 3 is 2.69 bits per heavy atom. The second kappa shape index (κ2) is 5.32. The van der Waals surface area contributed by atoms with E-state index in [2.05, 4.69) is 47.4 Å². The first-order valence-corrected chi connectivity index (χ1v) is 7.76. The standard InChI is InChI=1S/C10H7IN4S/c1-15-4-2-9(14-15)10-12-6-8(7-13-10)3-5-16-11/h2,4,6-7H,1H3. The Labute approximate surface area is 109 Å². The van der Waals surface area contributed by atoms with E-state index in [1.165, 1.54) is 8.93 Å². The van der Waals surface area contributed by atoms with E-state index >= 15 is 0 Å². The van der Waals surface area contributed by atoms with Gasteiger partial charge in [-0.2, -0.15) is 5.10 Å². The molecule has 2 aromatic rings. The van der Waals surface area contributed by atoms with Crippen molar-refractivity contribution < 1.29 is 0 Å². The smallest absolute Gasteiger partial charge is 0.180 e. The molecule has 0 fully saturated rings. The van der Waals surface area contributed by atoms with Crippen molar-refractivity contribution in [3.63, 3.8) is 0 Å². The molecule has 16 heavy (non-hydrogen) atoms. The predicted octanol–water partition coefficient (Wildman–Crippen LogP) is 2.27. The lowest BCUT2D eigenvalue weighted by Gasteiger charge is -1.94. The molecule has 0 spiro atoms. The molecule has 4 nitrogen and oxygen atoms in total. The molecule has 0 radical (unpaired) electrons. The summed E-state index contributed by atoms with van der Waals surface area (Å²) in [4.78, 5) is 8.43. The minimum atomic E-state index is 0.619. The van der Waals surface area contributed by atoms with Gasteiger partial charge in [-0.25, -0.2) is 9.97 Å². The van der Waals surface area contributed by atoms with E-state index in [1.807, 2.05) is 19.3 Å². The van der Waals surface area contributed by atoms with Crippen LogP contribution in [0.3, 0.4) is 0 Å². The lowest BCUT2D eigenvalue weighted by molar-refractivity contribution is 0.768. The molecule has 2 rings (SSSR count). The zero-order valence-electron chi connectivity index (χ0n) is 8.38. The number of nitrogens with zero attached hydrogens (tertiary/aromatic N) is 4. The Morgan fingerprint density at radius 1 is 1.38 bits per heavy atom. The van der Waals surface area contributed by atoms with E-state index in [-0.39, 0.29) is 0 Å². The summed E-state index contributed by atoms with van der Waals surface area (Å²) in [7, 11) is 3.30. The number of aromatic nitrogens is 4. The summed E-state index contributed by atoms with van der Waals surface area (Å²) in [5.41, 5.74) is 1.58. The first-order chi connectivity index (χ1) is 7.79. The first-order valence-electron chi connectivity index (χ1n) is 4.40. The molecular weight excluding hydrogens is 335 g/mol. The predicted molar refractivity (Wildman–Crippen MR) is 72.7 cm³/mol. The highest BCUT2D eigenvalue weighted by molar-refractivity contribution is 14.2. The zero-order valence-corrected chi connectivity index (χ0v) is 11.4. The van der Waals surface area contributed by atoms with E-state index in [4.69, 9.17) is 0 Å². The largest absolute Gasteiger partial charge is 0.275 e. The van der Waals surface area contributed by atoms with Crippen LogP contribution in [0.15, 0.2) is 24.7 Å². The highest BCUT2D eigenvalue weighted by Gasteiger charge is 2.03. The molecule has 2 heterocycles. The van der Waals surface area contributed by atoms with Gasteiger partial charge in [0.25, 0.3) is 0 Å². The summed E-state index contributed by atoms with van der Waals surface area (Å²) >= 11 is 2.12. The number of hydrogen-bond donors (Lipinski definition) is 0. The molecule has 0 aromatic carbocycles. The monoisotopic (exact) mass is 342 g/mol. The van der Waals surface area contributed by atoms with Crippen molar-refractivity contribution in [1.82, 2.24) is 19.7 Å². The Balaban J connectivity index is 2.25. The lowest BCUT2D eigenvalue weighted by atomic mass is 10.3. The van der Waals surface area contributed by atoms with Gasteiger partial charge in [0.15, 0.2) is 5.82 Å². The molecule has 0 aliphatic carbocycles. The topological polar surface area (TPSA) is 43.6 Å². The van der Waals surface area contributed by atoms with E-state index < -0.39 is 0 Å². The first kappa shape index (κ1) is 11.4. The fraction of sp³-hybridized carbons (Fsp3) is 0.100. The lowest BCUT2D eigenvalue weighted by Crippen LogP contribution is -1.92. The maximum atomic E-state index is 4.22.